The molecule has 1 atom stereocenters. The van der Waals surface area contributed by atoms with Crippen LogP contribution >= 0.6 is 0 Å². The highest BCUT2D eigenvalue weighted by molar-refractivity contribution is 5.41. The Bertz CT molecular complexity index is 363. The van der Waals surface area contributed by atoms with Crippen LogP contribution in [-0.4, -0.2) is 40.5 Å². The molecule has 0 spiro atoms. The number of likely N-dealkylation sites (tertiary alicyclic amines) is 1. The number of anilines is 2. The number of hydrazine groups is 1. The molecule has 1 aromatic rings. The van der Waals surface area contributed by atoms with Crippen LogP contribution in [0, 0.1) is 0 Å². The highest BCUT2D eigenvalue weighted by Crippen LogP contribution is 2.11. The predicted molar refractivity (Wildman–Crippen MR) is 73.2 cm³/mol. The van der Waals surface area contributed by atoms with Gasteiger partial charge in [0.1, 0.15) is 5.82 Å². The second-order valence-electron chi connectivity index (χ2n) is 4.84. The van der Waals surface area contributed by atoms with Gasteiger partial charge in [-0.3, -0.25) is 4.98 Å². The highest BCUT2D eigenvalue weighted by atomic mass is 15.3. The summed E-state index contributed by atoms with van der Waals surface area (Å²) >= 11 is 0. The van der Waals surface area contributed by atoms with Crippen molar-refractivity contribution in [3.05, 3.63) is 12.4 Å². The maximum atomic E-state index is 5.31. The smallest absolute Gasteiger partial charge is 0.160 e. The zero-order valence-electron chi connectivity index (χ0n) is 10.9. The number of nitrogens with zero attached hydrogens (tertiary/aromatic N) is 3. The van der Waals surface area contributed by atoms with Crippen molar-refractivity contribution in [1.29, 1.82) is 0 Å². The van der Waals surface area contributed by atoms with Crippen molar-refractivity contribution in [3.63, 3.8) is 0 Å². The van der Waals surface area contributed by atoms with Gasteiger partial charge in [-0.05, 0) is 32.9 Å². The van der Waals surface area contributed by atoms with Crippen molar-refractivity contribution in [3.8, 4) is 0 Å². The Morgan fingerprint density at radius 2 is 2.00 bits per heavy atom. The largest absolute Gasteiger partial charge is 0.365 e. The van der Waals surface area contributed by atoms with E-state index in [1.54, 1.807) is 12.4 Å². The summed E-state index contributed by atoms with van der Waals surface area (Å²) in [5.74, 6) is 6.64. The first kappa shape index (κ1) is 13.0. The quantitative estimate of drug-likeness (QED) is 0.535. The van der Waals surface area contributed by atoms with E-state index in [2.05, 4.69) is 32.5 Å². The second kappa shape index (κ2) is 6.51. The maximum absolute atomic E-state index is 5.31. The van der Waals surface area contributed by atoms with Crippen molar-refractivity contribution in [2.24, 2.45) is 5.84 Å². The SMILES string of the molecule is CC(CN1CCCCC1)Nc1cncc(NN)n1. The fourth-order valence-electron chi connectivity index (χ4n) is 2.33. The van der Waals surface area contributed by atoms with E-state index in [4.69, 9.17) is 5.84 Å². The standard InChI is InChI=1S/C12H22N6/c1-10(9-18-5-3-2-4-6-18)15-11-7-14-8-12(16-11)17-13/h7-8,10H,2-6,9,13H2,1H3,(H2,15,16,17). The van der Waals surface area contributed by atoms with Gasteiger partial charge in [0.15, 0.2) is 5.82 Å². The summed E-state index contributed by atoms with van der Waals surface area (Å²) in [6, 6.07) is 0.352. The molecule has 6 nitrogen and oxygen atoms in total. The number of piperidine rings is 1. The lowest BCUT2D eigenvalue weighted by Crippen LogP contribution is -2.38. The predicted octanol–water partition coefficient (Wildman–Crippen LogP) is 1.05. The molecule has 1 unspecified atom stereocenters. The van der Waals surface area contributed by atoms with Gasteiger partial charge in [-0.1, -0.05) is 6.42 Å². The van der Waals surface area contributed by atoms with Crippen LogP contribution in [0.25, 0.3) is 0 Å². The molecule has 0 radical (unpaired) electrons. The molecule has 4 N–H and O–H groups in total. The molecule has 0 aromatic carbocycles. The van der Waals surface area contributed by atoms with E-state index in [9.17, 15) is 0 Å². The highest BCUT2D eigenvalue weighted by Gasteiger charge is 2.13. The van der Waals surface area contributed by atoms with Gasteiger partial charge in [-0.2, -0.15) is 0 Å². The Morgan fingerprint density at radius 3 is 2.72 bits per heavy atom. The molecule has 0 amide bonds. The lowest BCUT2D eigenvalue weighted by molar-refractivity contribution is 0.223. The summed E-state index contributed by atoms with van der Waals surface area (Å²) in [6.07, 6.45) is 7.32. The van der Waals surface area contributed by atoms with Gasteiger partial charge in [0, 0.05) is 12.6 Å². The number of nitrogens with one attached hydrogen (secondary N) is 2. The first-order valence-electron chi connectivity index (χ1n) is 6.55. The number of aromatic nitrogens is 2. The Balaban J connectivity index is 1.83. The van der Waals surface area contributed by atoms with E-state index in [1.165, 1.54) is 32.4 Å². The number of nitrogen functional groups attached to an aromatic ring is 1. The lowest BCUT2D eigenvalue weighted by atomic mass is 10.1. The minimum atomic E-state index is 0.352. The normalized spacial score (nSPS) is 18.3. The summed E-state index contributed by atoms with van der Waals surface area (Å²) in [7, 11) is 0. The van der Waals surface area contributed by atoms with Crippen molar-refractivity contribution in [2.75, 3.05) is 30.4 Å². The monoisotopic (exact) mass is 250 g/mol. The molecule has 100 valence electrons. The van der Waals surface area contributed by atoms with Gasteiger partial charge in [0.2, 0.25) is 0 Å². The van der Waals surface area contributed by atoms with E-state index in [0.717, 1.165) is 12.4 Å². The Labute approximate surface area is 108 Å². The molecule has 2 heterocycles. The third-order valence-corrected chi connectivity index (χ3v) is 3.16. The fourth-order valence-corrected chi connectivity index (χ4v) is 2.33. The zero-order chi connectivity index (χ0) is 12.8. The Morgan fingerprint density at radius 1 is 1.28 bits per heavy atom. The van der Waals surface area contributed by atoms with E-state index in [-0.39, 0.29) is 0 Å². The van der Waals surface area contributed by atoms with E-state index >= 15 is 0 Å². The van der Waals surface area contributed by atoms with E-state index in [0.29, 0.717) is 11.9 Å². The molecule has 6 heteroatoms. The molecular weight excluding hydrogens is 228 g/mol. The molecular formula is C12H22N6. The van der Waals surface area contributed by atoms with Crippen LogP contribution in [0.4, 0.5) is 11.6 Å². The van der Waals surface area contributed by atoms with Crippen LogP contribution in [0.3, 0.4) is 0 Å². The molecule has 0 aliphatic carbocycles. The molecule has 0 saturated carbocycles. The molecule has 0 bridgehead atoms. The summed E-state index contributed by atoms with van der Waals surface area (Å²) in [6.45, 7) is 5.63. The summed E-state index contributed by atoms with van der Waals surface area (Å²) in [4.78, 5) is 10.9. The molecule has 1 saturated heterocycles. The fraction of sp³-hybridized carbons (Fsp3) is 0.667. The van der Waals surface area contributed by atoms with Crippen molar-refractivity contribution in [2.45, 2.75) is 32.2 Å². The molecule has 2 rings (SSSR count). The lowest BCUT2D eigenvalue weighted by Gasteiger charge is -2.29. The minimum absolute atomic E-state index is 0.352. The first-order chi connectivity index (χ1) is 8.78. The van der Waals surface area contributed by atoms with Crippen LogP contribution < -0.4 is 16.6 Å². The van der Waals surface area contributed by atoms with Gasteiger partial charge in [-0.25, -0.2) is 10.8 Å². The average Bonchev–Trinajstić information content (AvgIpc) is 2.40. The van der Waals surface area contributed by atoms with Gasteiger partial charge in [0.05, 0.1) is 12.4 Å². The third kappa shape index (κ3) is 3.82. The molecule has 1 aliphatic heterocycles. The molecule has 1 aliphatic rings. The summed E-state index contributed by atoms with van der Waals surface area (Å²) < 4.78 is 0. The third-order valence-electron chi connectivity index (χ3n) is 3.16. The van der Waals surface area contributed by atoms with Gasteiger partial charge in [-0.15, -0.1) is 0 Å². The van der Waals surface area contributed by atoms with Crippen molar-refractivity contribution in [1.82, 2.24) is 14.9 Å². The zero-order valence-corrected chi connectivity index (χ0v) is 10.9. The first-order valence-corrected chi connectivity index (χ1v) is 6.55. The van der Waals surface area contributed by atoms with Crippen LogP contribution in [0.5, 0.6) is 0 Å². The Kier molecular flexibility index (Phi) is 4.72. The van der Waals surface area contributed by atoms with Gasteiger partial charge >= 0.3 is 0 Å². The van der Waals surface area contributed by atoms with Gasteiger partial charge in [0.25, 0.3) is 0 Å². The minimum Gasteiger partial charge on any atom is -0.365 e. The van der Waals surface area contributed by atoms with Gasteiger partial charge < -0.3 is 15.6 Å². The average molecular weight is 250 g/mol. The van der Waals surface area contributed by atoms with Crippen LogP contribution in [0.2, 0.25) is 0 Å². The van der Waals surface area contributed by atoms with Crippen LogP contribution in [0.15, 0.2) is 12.4 Å². The van der Waals surface area contributed by atoms with E-state index in [1.807, 2.05) is 0 Å². The summed E-state index contributed by atoms with van der Waals surface area (Å²) in [5, 5.41) is 3.35. The molecule has 1 fully saturated rings. The number of nitrogens with two attached hydrogens (primary N) is 1. The number of rotatable bonds is 5. The number of hydrogen-bond donors (Lipinski definition) is 3. The Hall–Kier alpha value is -1.40. The maximum Gasteiger partial charge on any atom is 0.160 e. The topological polar surface area (TPSA) is 79.1 Å². The second-order valence-corrected chi connectivity index (χ2v) is 4.84. The van der Waals surface area contributed by atoms with Crippen molar-refractivity contribution >= 4 is 11.6 Å². The van der Waals surface area contributed by atoms with Crippen molar-refractivity contribution < 1.29 is 0 Å². The van der Waals surface area contributed by atoms with Crippen LogP contribution in [0.1, 0.15) is 26.2 Å². The molecule has 1 aromatic heterocycles. The summed E-state index contributed by atoms with van der Waals surface area (Å²) in [5.41, 5.74) is 2.50. The van der Waals surface area contributed by atoms with Crippen LogP contribution in [-0.2, 0) is 0 Å². The molecule has 18 heavy (non-hydrogen) atoms. The van der Waals surface area contributed by atoms with E-state index < -0.39 is 0 Å². The number of hydrogen-bond acceptors (Lipinski definition) is 6.